The number of hydrogen-bond acceptors (Lipinski definition) is 3. The molecule has 94 valence electrons. The van der Waals surface area contributed by atoms with Gasteiger partial charge in [-0.05, 0) is 18.9 Å². The summed E-state index contributed by atoms with van der Waals surface area (Å²) in [5, 5.41) is 0. The monoisotopic (exact) mass is 239 g/mol. The van der Waals surface area contributed by atoms with E-state index in [0.29, 0.717) is 17.1 Å². The molecule has 0 aromatic heterocycles. The lowest BCUT2D eigenvalue weighted by atomic mass is 9.88. The van der Waals surface area contributed by atoms with E-state index in [1.165, 1.54) is 20.3 Å². The van der Waals surface area contributed by atoms with E-state index in [1.807, 2.05) is 0 Å². The highest BCUT2D eigenvalue weighted by atomic mass is 19.1. The fraction of sp³-hybridized carbons (Fsp3) is 0.538. The molecule has 1 fully saturated rings. The van der Waals surface area contributed by atoms with Crippen molar-refractivity contribution in [2.24, 2.45) is 5.73 Å². The van der Waals surface area contributed by atoms with Crippen LogP contribution in [0.3, 0.4) is 0 Å². The van der Waals surface area contributed by atoms with Crippen LogP contribution in [0.2, 0.25) is 0 Å². The van der Waals surface area contributed by atoms with E-state index in [-0.39, 0.29) is 5.82 Å². The van der Waals surface area contributed by atoms with Crippen molar-refractivity contribution in [2.75, 3.05) is 14.2 Å². The van der Waals surface area contributed by atoms with Gasteiger partial charge in [0.1, 0.15) is 5.82 Å². The highest BCUT2D eigenvalue weighted by Gasteiger charge is 2.34. The first-order valence-electron chi connectivity index (χ1n) is 5.81. The summed E-state index contributed by atoms with van der Waals surface area (Å²) >= 11 is 0. The average molecular weight is 239 g/mol. The Morgan fingerprint density at radius 2 is 1.65 bits per heavy atom. The highest BCUT2D eigenvalue weighted by molar-refractivity contribution is 5.46. The zero-order valence-electron chi connectivity index (χ0n) is 10.3. The maximum atomic E-state index is 14.0. The Morgan fingerprint density at radius 3 is 2.18 bits per heavy atom. The van der Waals surface area contributed by atoms with Gasteiger partial charge in [0.15, 0.2) is 11.5 Å². The highest BCUT2D eigenvalue weighted by Crippen LogP contribution is 2.41. The van der Waals surface area contributed by atoms with Crippen LogP contribution >= 0.6 is 0 Å². The molecule has 0 spiro atoms. The molecule has 0 aliphatic heterocycles. The largest absolute Gasteiger partial charge is 0.493 e. The van der Waals surface area contributed by atoms with Gasteiger partial charge in [-0.2, -0.15) is 0 Å². The Kier molecular flexibility index (Phi) is 3.24. The van der Waals surface area contributed by atoms with E-state index in [1.54, 1.807) is 6.07 Å². The molecule has 0 saturated heterocycles. The minimum absolute atomic E-state index is 0.313. The first kappa shape index (κ1) is 12.2. The van der Waals surface area contributed by atoms with Gasteiger partial charge < -0.3 is 15.2 Å². The molecule has 0 amide bonds. The van der Waals surface area contributed by atoms with Gasteiger partial charge in [-0.3, -0.25) is 0 Å². The predicted octanol–water partition coefficient (Wildman–Crippen LogP) is 2.57. The lowest BCUT2D eigenvalue weighted by molar-refractivity contribution is 0.346. The normalized spacial score (nSPS) is 18.1. The standard InChI is InChI=1S/C13H18FNO2/c1-16-11-7-9(10(14)8-12(11)17-2)13(15)5-3-4-6-13/h7-8H,3-6,15H2,1-2H3. The molecule has 1 aliphatic rings. The molecule has 4 heteroatoms. The van der Waals surface area contributed by atoms with Gasteiger partial charge in [0.25, 0.3) is 0 Å². The van der Waals surface area contributed by atoms with Crippen LogP contribution in [0.4, 0.5) is 4.39 Å². The van der Waals surface area contributed by atoms with Gasteiger partial charge in [-0.15, -0.1) is 0 Å². The Balaban J connectivity index is 2.47. The maximum Gasteiger partial charge on any atom is 0.163 e. The molecule has 3 nitrogen and oxygen atoms in total. The summed E-state index contributed by atoms with van der Waals surface area (Å²) in [5.74, 6) is 0.614. The van der Waals surface area contributed by atoms with Gasteiger partial charge >= 0.3 is 0 Å². The predicted molar refractivity (Wildman–Crippen MR) is 63.8 cm³/mol. The molecule has 0 unspecified atom stereocenters. The number of nitrogens with two attached hydrogens (primary N) is 1. The summed E-state index contributed by atoms with van der Waals surface area (Å²) in [6.07, 6.45) is 3.73. The topological polar surface area (TPSA) is 44.5 Å². The van der Waals surface area contributed by atoms with Crippen LogP contribution in [0.1, 0.15) is 31.2 Å². The van der Waals surface area contributed by atoms with Crippen molar-refractivity contribution in [3.63, 3.8) is 0 Å². The lowest BCUT2D eigenvalue weighted by Gasteiger charge is -2.25. The van der Waals surface area contributed by atoms with Crippen molar-refractivity contribution in [2.45, 2.75) is 31.2 Å². The Labute approximate surface area is 101 Å². The van der Waals surface area contributed by atoms with Gasteiger partial charge in [0, 0.05) is 17.2 Å². The maximum absolute atomic E-state index is 14.0. The van der Waals surface area contributed by atoms with Gasteiger partial charge in [0.2, 0.25) is 0 Å². The van der Waals surface area contributed by atoms with Crippen LogP contribution in [0, 0.1) is 5.82 Å². The van der Waals surface area contributed by atoms with Crippen molar-refractivity contribution in [3.05, 3.63) is 23.5 Å². The van der Waals surface area contributed by atoms with Crippen LogP contribution in [0.5, 0.6) is 11.5 Å². The summed E-state index contributed by atoms with van der Waals surface area (Å²) in [6, 6.07) is 3.01. The number of hydrogen-bond donors (Lipinski definition) is 1. The van der Waals surface area contributed by atoms with Crippen LogP contribution in [-0.4, -0.2) is 14.2 Å². The quantitative estimate of drug-likeness (QED) is 0.881. The Morgan fingerprint density at radius 1 is 1.12 bits per heavy atom. The molecule has 1 saturated carbocycles. The minimum atomic E-state index is -0.552. The van der Waals surface area contributed by atoms with E-state index in [0.717, 1.165) is 25.7 Å². The molecule has 17 heavy (non-hydrogen) atoms. The molecule has 1 aliphatic carbocycles. The third-order valence-corrected chi connectivity index (χ3v) is 3.51. The molecule has 0 bridgehead atoms. The number of rotatable bonds is 3. The van der Waals surface area contributed by atoms with Crippen molar-refractivity contribution >= 4 is 0 Å². The van der Waals surface area contributed by atoms with Gasteiger partial charge in [0.05, 0.1) is 14.2 Å². The Hall–Kier alpha value is -1.29. The minimum Gasteiger partial charge on any atom is -0.493 e. The van der Waals surface area contributed by atoms with Crippen molar-refractivity contribution in [1.29, 1.82) is 0 Å². The first-order chi connectivity index (χ1) is 8.10. The lowest BCUT2D eigenvalue weighted by Crippen LogP contribution is -2.34. The number of methoxy groups -OCH3 is 2. The third-order valence-electron chi connectivity index (χ3n) is 3.51. The smallest absolute Gasteiger partial charge is 0.163 e. The van der Waals surface area contributed by atoms with E-state index in [2.05, 4.69) is 0 Å². The number of benzene rings is 1. The second-order valence-corrected chi connectivity index (χ2v) is 4.55. The fourth-order valence-corrected chi connectivity index (χ4v) is 2.51. The third kappa shape index (κ3) is 2.09. The van der Waals surface area contributed by atoms with Crippen LogP contribution in [0.15, 0.2) is 12.1 Å². The van der Waals surface area contributed by atoms with Crippen molar-refractivity contribution in [1.82, 2.24) is 0 Å². The molecule has 0 radical (unpaired) electrons. The SMILES string of the molecule is COc1cc(F)c(C2(N)CCCC2)cc1OC. The summed E-state index contributed by atoms with van der Waals surface area (Å²) in [7, 11) is 3.03. The molecular formula is C13H18FNO2. The Bertz CT molecular complexity index is 414. The molecule has 1 aromatic carbocycles. The number of halogens is 1. The molecule has 0 atom stereocenters. The average Bonchev–Trinajstić information content (AvgIpc) is 2.76. The van der Waals surface area contributed by atoms with E-state index >= 15 is 0 Å². The van der Waals surface area contributed by atoms with Crippen LogP contribution in [-0.2, 0) is 5.54 Å². The molecule has 1 aromatic rings. The number of ether oxygens (including phenoxy) is 2. The van der Waals surface area contributed by atoms with E-state index in [4.69, 9.17) is 15.2 Å². The zero-order valence-corrected chi connectivity index (χ0v) is 10.3. The summed E-state index contributed by atoms with van der Waals surface area (Å²) < 4.78 is 24.3. The van der Waals surface area contributed by atoms with Gasteiger partial charge in [-0.25, -0.2) is 4.39 Å². The van der Waals surface area contributed by atoms with Crippen molar-refractivity contribution in [3.8, 4) is 11.5 Å². The molecule has 2 rings (SSSR count). The molecule has 0 heterocycles. The molecular weight excluding hydrogens is 221 g/mol. The second-order valence-electron chi connectivity index (χ2n) is 4.55. The summed E-state index contributed by atoms with van der Waals surface area (Å²) in [4.78, 5) is 0. The first-order valence-corrected chi connectivity index (χ1v) is 5.81. The van der Waals surface area contributed by atoms with Gasteiger partial charge in [-0.1, -0.05) is 12.8 Å². The summed E-state index contributed by atoms with van der Waals surface area (Å²) in [5.41, 5.74) is 6.24. The van der Waals surface area contributed by atoms with Crippen LogP contribution in [0.25, 0.3) is 0 Å². The van der Waals surface area contributed by atoms with Crippen LogP contribution < -0.4 is 15.2 Å². The van der Waals surface area contributed by atoms with E-state index in [9.17, 15) is 4.39 Å². The van der Waals surface area contributed by atoms with E-state index < -0.39 is 5.54 Å². The van der Waals surface area contributed by atoms with Crippen molar-refractivity contribution < 1.29 is 13.9 Å². The molecule has 2 N–H and O–H groups in total. The zero-order chi connectivity index (χ0) is 12.5. The fourth-order valence-electron chi connectivity index (χ4n) is 2.51. The second kappa shape index (κ2) is 4.53. The summed E-state index contributed by atoms with van der Waals surface area (Å²) in [6.45, 7) is 0.